The minimum absolute atomic E-state index is 0.00120. The molecule has 0 radical (unpaired) electrons. The van der Waals surface area contributed by atoms with Gasteiger partial charge in [0.25, 0.3) is 0 Å². The fourth-order valence-corrected chi connectivity index (χ4v) is 1.92. The van der Waals surface area contributed by atoms with Gasteiger partial charge in [-0.1, -0.05) is 0 Å². The molecule has 0 saturated carbocycles. The molecule has 1 saturated heterocycles. The van der Waals surface area contributed by atoms with Crippen LogP contribution in [0, 0.1) is 0 Å². The van der Waals surface area contributed by atoms with Crippen molar-refractivity contribution in [2.75, 3.05) is 31.2 Å². The number of nitrogens with zero attached hydrogens (tertiary/aromatic N) is 4. The quantitative estimate of drug-likeness (QED) is 0.598. The van der Waals surface area contributed by atoms with E-state index in [0.29, 0.717) is 19.0 Å². The maximum Gasteiger partial charge on any atom is 0.225 e. The summed E-state index contributed by atoms with van der Waals surface area (Å²) in [5.41, 5.74) is 16.9. The van der Waals surface area contributed by atoms with E-state index in [1.165, 1.54) is 0 Å². The van der Waals surface area contributed by atoms with Gasteiger partial charge in [-0.2, -0.15) is 15.0 Å². The monoisotopic (exact) mass is 253 g/mol. The first-order valence-corrected chi connectivity index (χ1v) is 5.90. The number of ether oxygens (including phenoxy) is 1. The average Bonchev–Trinajstić information content (AvgIpc) is 2.27. The SMILES string of the molecule is CC(N)C1CN(Cc2nc(N)nc(N)n2)CCO1. The zero-order valence-electron chi connectivity index (χ0n) is 10.4. The van der Waals surface area contributed by atoms with Crippen molar-refractivity contribution in [3.63, 3.8) is 0 Å². The summed E-state index contributed by atoms with van der Waals surface area (Å²) in [7, 11) is 0. The second-order valence-corrected chi connectivity index (χ2v) is 4.47. The number of anilines is 2. The first-order chi connectivity index (χ1) is 8.54. The van der Waals surface area contributed by atoms with E-state index in [2.05, 4.69) is 19.9 Å². The Kier molecular flexibility index (Phi) is 3.90. The fraction of sp³-hybridized carbons (Fsp3) is 0.700. The van der Waals surface area contributed by atoms with Gasteiger partial charge in [-0.05, 0) is 6.92 Å². The summed E-state index contributed by atoms with van der Waals surface area (Å²) in [6, 6.07) is 0.00120. The zero-order chi connectivity index (χ0) is 13.1. The van der Waals surface area contributed by atoms with Crippen molar-refractivity contribution in [1.82, 2.24) is 19.9 Å². The van der Waals surface area contributed by atoms with Crippen molar-refractivity contribution in [2.45, 2.75) is 25.6 Å². The second-order valence-electron chi connectivity index (χ2n) is 4.47. The molecular formula is C10H19N7O. The van der Waals surface area contributed by atoms with Crippen molar-refractivity contribution in [2.24, 2.45) is 5.73 Å². The van der Waals surface area contributed by atoms with Crippen LogP contribution < -0.4 is 17.2 Å². The van der Waals surface area contributed by atoms with Crippen molar-refractivity contribution >= 4 is 11.9 Å². The minimum atomic E-state index is 0.00120. The fourth-order valence-electron chi connectivity index (χ4n) is 1.92. The third kappa shape index (κ3) is 3.25. The highest BCUT2D eigenvalue weighted by atomic mass is 16.5. The first-order valence-electron chi connectivity index (χ1n) is 5.90. The number of aromatic nitrogens is 3. The van der Waals surface area contributed by atoms with E-state index < -0.39 is 0 Å². The molecule has 0 amide bonds. The lowest BCUT2D eigenvalue weighted by Crippen LogP contribution is -2.49. The summed E-state index contributed by atoms with van der Waals surface area (Å²) >= 11 is 0. The molecule has 1 aromatic rings. The molecule has 1 aliphatic rings. The van der Waals surface area contributed by atoms with Crippen LogP contribution in [0.3, 0.4) is 0 Å². The smallest absolute Gasteiger partial charge is 0.225 e. The highest BCUT2D eigenvalue weighted by Crippen LogP contribution is 2.11. The van der Waals surface area contributed by atoms with Gasteiger partial charge >= 0.3 is 0 Å². The van der Waals surface area contributed by atoms with Crippen LogP contribution in [0.25, 0.3) is 0 Å². The molecule has 2 unspecified atom stereocenters. The van der Waals surface area contributed by atoms with Crippen LogP contribution >= 0.6 is 0 Å². The third-order valence-electron chi connectivity index (χ3n) is 2.85. The molecule has 6 N–H and O–H groups in total. The second kappa shape index (κ2) is 5.42. The normalized spacial score (nSPS) is 22.9. The van der Waals surface area contributed by atoms with E-state index in [1.54, 1.807) is 0 Å². The summed E-state index contributed by atoms with van der Waals surface area (Å²) in [4.78, 5) is 14.0. The van der Waals surface area contributed by atoms with Crippen LogP contribution in [0.5, 0.6) is 0 Å². The van der Waals surface area contributed by atoms with Gasteiger partial charge in [0.15, 0.2) is 0 Å². The van der Waals surface area contributed by atoms with Crippen LogP contribution in [-0.4, -0.2) is 51.7 Å². The Morgan fingerprint density at radius 1 is 1.33 bits per heavy atom. The number of morpholine rings is 1. The average molecular weight is 253 g/mol. The van der Waals surface area contributed by atoms with E-state index in [0.717, 1.165) is 13.1 Å². The molecule has 0 spiro atoms. The lowest BCUT2D eigenvalue weighted by atomic mass is 10.1. The number of hydrogen-bond donors (Lipinski definition) is 3. The van der Waals surface area contributed by atoms with Gasteiger partial charge < -0.3 is 21.9 Å². The van der Waals surface area contributed by atoms with Crippen molar-refractivity contribution < 1.29 is 4.74 Å². The summed E-state index contributed by atoms with van der Waals surface area (Å²) in [5, 5.41) is 0. The van der Waals surface area contributed by atoms with Crippen molar-refractivity contribution in [1.29, 1.82) is 0 Å². The molecule has 2 atom stereocenters. The van der Waals surface area contributed by atoms with Gasteiger partial charge in [0.2, 0.25) is 11.9 Å². The molecule has 0 aromatic carbocycles. The number of rotatable bonds is 3. The molecule has 1 fully saturated rings. The Morgan fingerprint density at radius 2 is 2.00 bits per heavy atom. The molecular weight excluding hydrogens is 234 g/mol. The van der Waals surface area contributed by atoms with E-state index >= 15 is 0 Å². The highest BCUT2D eigenvalue weighted by molar-refractivity contribution is 5.25. The number of hydrogen-bond acceptors (Lipinski definition) is 8. The Morgan fingerprint density at radius 3 is 2.61 bits per heavy atom. The molecule has 8 heteroatoms. The molecule has 1 aromatic heterocycles. The standard InChI is InChI=1S/C10H19N7O/c1-6(11)7-4-17(2-3-18-7)5-8-14-9(12)16-10(13)15-8/h6-7H,2-5,11H2,1H3,(H4,12,13,14,15,16). The van der Waals surface area contributed by atoms with Gasteiger partial charge in [0.05, 0.1) is 19.3 Å². The number of nitrogen functional groups attached to an aromatic ring is 2. The van der Waals surface area contributed by atoms with E-state index in [1.807, 2.05) is 6.92 Å². The van der Waals surface area contributed by atoms with Crippen LogP contribution in [0.4, 0.5) is 11.9 Å². The van der Waals surface area contributed by atoms with E-state index in [4.69, 9.17) is 21.9 Å². The summed E-state index contributed by atoms with van der Waals surface area (Å²) in [5.74, 6) is 0.870. The van der Waals surface area contributed by atoms with Crippen LogP contribution in [-0.2, 0) is 11.3 Å². The molecule has 2 rings (SSSR count). The van der Waals surface area contributed by atoms with Gasteiger partial charge in [-0.25, -0.2) is 0 Å². The van der Waals surface area contributed by atoms with Crippen molar-refractivity contribution in [3.05, 3.63) is 5.82 Å². The Labute approximate surface area is 106 Å². The molecule has 0 bridgehead atoms. The topological polar surface area (TPSA) is 129 Å². The zero-order valence-corrected chi connectivity index (χ0v) is 10.4. The summed E-state index contributed by atoms with van der Waals surface area (Å²) in [6.07, 6.45) is 0.0373. The van der Waals surface area contributed by atoms with Gasteiger partial charge in [-0.3, -0.25) is 4.90 Å². The molecule has 1 aliphatic heterocycles. The molecule has 0 aliphatic carbocycles. The van der Waals surface area contributed by atoms with Gasteiger partial charge in [-0.15, -0.1) is 0 Å². The Hall–Kier alpha value is -1.51. The highest BCUT2D eigenvalue weighted by Gasteiger charge is 2.24. The summed E-state index contributed by atoms with van der Waals surface area (Å²) in [6.45, 7) is 4.73. The number of nitrogens with two attached hydrogens (primary N) is 3. The third-order valence-corrected chi connectivity index (χ3v) is 2.85. The van der Waals surface area contributed by atoms with Crippen LogP contribution in [0.2, 0.25) is 0 Å². The van der Waals surface area contributed by atoms with E-state index in [9.17, 15) is 0 Å². The maximum atomic E-state index is 5.84. The maximum absolute atomic E-state index is 5.84. The predicted octanol–water partition coefficient (Wildman–Crippen LogP) is -1.42. The van der Waals surface area contributed by atoms with Gasteiger partial charge in [0.1, 0.15) is 5.82 Å². The lowest BCUT2D eigenvalue weighted by Gasteiger charge is -2.34. The minimum Gasteiger partial charge on any atom is -0.374 e. The van der Waals surface area contributed by atoms with Crippen molar-refractivity contribution in [3.8, 4) is 0 Å². The first kappa shape index (κ1) is 12.9. The molecule has 8 nitrogen and oxygen atoms in total. The Balaban J connectivity index is 2.00. The largest absolute Gasteiger partial charge is 0.374 e. The summed E-state index contributed by atoms with van der Waals surface area (Å²) < 4.78 is 5.59. The van der Waals surface area contributed by atoms with Gasteiger partial charge in [0, 0.05) is 19.1 Å². The lowest BCUT2D eigenvalue weighted by molar-refractivity contribution is -0.0410. The van der Waals surface area contributed by atoms with Crippen LogP contribution in [0.15, 0.2) is 0 Å². The molecule has 18 heavy (non-hydrogen) atoms. The Bertz CT molecular complexity index is 391. The van der Waals surface area contributed by atoms with E-state index in [-0.39, 0.29) is 24.0 Å². The van der Waals surface area contributed by atoms with Crippen LogP contribution in [0.1, 0.15) is 12.7 Å². The molecule has 2 heterocycles. The molecule has 100 valence electrons. The predicted molar refractivity (Wildman–Crippen MR) is 67.3 cm³/mol.